The van der Waals surface area contributed by atoms with Crippen LogP contribution >= 0.6 is 0 Å². The molecule has 0 unspecified atom stereocenters. The summed E-state index contributed by atoms with van der Waals surface area (Å²) < 4.78 is 6.54. The van der Waals surface area contributed by atoms with Gasteiger partial charge in [0.25, 0.3) is 0 Å². The third-order valence-corrected chi connectivity index (χ3v) is 9.13. The van der Waals surface area contributed by atoms with Crippen LogP contribution in [0.2, 0.25) is 0 Å². The van der Waals surface area contributed by atoms with Crippen molar-refractivity contribution in [2.75, 3.05) is 0 Å². The van der Waals surface area contributed by atoms with E-state index in [9.17, 15) is 0 Å². The van der Waals surface area contributed by atoms with Crippen LogP contribution in [0.1, 0.15) is 33.4 Å². The molecule has 0 N–H and O–H groups in total. The molecule has 0 spiro atoms. The number of para-hydroxylation sites is 1. The van der Waals surface area contributed by atoms with Gasteiger partial charge in [-0.25, -0.2) is 0 Å². The Hall–Kier alpha value is -4.62. The summed E-state index contributed by atoms with van der Waals surface area (Å²) in [5.41, 5.74) is 15.1. The highest BCUT2D eigenvalue weighted by atomic mass is 16.3. The lowest BCUT2D eigenvalue weighted by Crippen LogP contribution is -1.97. The Morgan fingerprint density at radius 3 is 1.59 bits per heavy atom. The molecule has 0 aliphatic heterocycles. The minimum atomic E-state index is 0.941. The molecule has 0 radical (unpaired) electrons. The molecular formula is C40H32O. The van der Waals surface area contributed by atoms with Gasteiger partial charge in [0.05, 0.1) is 0 Å². The van der Waals surface area contributed by atoms with E-state index in [2.05, 4.69) is 126 Å². The van der Waals surface area contributed by atoms with Gasteiger partial charge < -0.3 is 4.42 Å². The molecule has 0 atom stereocenters. The highest BCUT2D eigenvalue weighted by Crippen LogP contribution is 2.48. The van der Waals surface area contributed by atoms with E-state index in [1.807, 2.05) is 0 Å². The van der Waals surface area contributed by atoms with Gasteiger partial charge in [0.2, 0.25) is 0 Å². The smallest absolute Gasteiger partial charge is 0.143 e. The molecule has 1 heteroatoms. The number of aryl methyl sites for hydroxylation is 6. The van der Waals surface area contributed by atoms with Crippen molar-refractivity contribution in [2.24, 2.45) is 0 Å². The standard InChI is InChI=1S/C40H32O/c1-21-15-23(3)36(24(4)16-21)32-20-33(37-25(5)17-22(2)18-26(37)6)30-13-14-31-38-27(11-12-29(32)39(30)38)19-34-28-9-7-8-10-35(28)41-40(31)34/h7-20H,1-6H3. The van der Waals surface area contributed by atoms with Gasteiger partial charge in [0.15, 0.2) is 0 Å². The molecule has 1 aromatic heterocycles. The molecule has 0 amide bonds. The summed E-state index contributed by atoms with van der Waals surface area (Å²) >= 11 is 0. The first-order valence-electron chi connectivity index (χ1n) is 14.5. The zero-order valence-electron chi connectivity index (χ0n) is 24.5. The maximum Gasteiger partial charge on any atom is 0.143 e. The van der Waals surface area contributed by atoms with Crippen LogP contribution in [0.3, 0.4) is 0 Å². The lowest BCUT2D eigenvalue weighted by molar-refractivity contribution is 0.673. The molecule has 7 aromatic carbocycles. The van der Waals surface area contributed by atoms with E-state index in [0.29, 0.717) is 0 Å². The summed E-state index contributed by atoms with van der Waals surface area (Å²) in [5.74, 6) is 0. The summed E-state index contributed by atoms with van der Waals surface area (Å²) in [6.45, 7) is 13.4. The highest BCUT2D eigenvalue weighted by molar-refractivity contribution is 6.33. The molecule has 0 saturated heterocycles. The van der Waals surface area contributed by atoms with E-state index in [1.54, 1.807) is 0 Å². The molecule has 0 saturated carbocycles. The molecular weight excluding hydrogens is 496 g/mol. The van der Waals surface area contributed by atoms with Crippen molar-refractivity contribution in [2.45, 2.75) is 41.5 Å². The van der Waals surface area contributed by atoms with Crippen molar-refractivity contribution >= 4 is 54.3 Å². The van der Waals surface area contributed by atoms with E-state index in [1.165, 1.54) is 98.7 Å². The Labute approximate surface area is 240 Å². The first kappa shape index (κ1) is 24.2. The summed E-state index contributed by atoms with van der Waals surface area (Å²) in [6, 6.07) is 31.8. The van der Waals surface area contributed by atoms with Gasteiger partial charge in [0.1, 0.15) is 11.2 Å². The van der Waals surface area contributed by atoms with Crippen LogP contribution in [-0.4, -0.2) is 0 Å². The number of benzene rings is 7. The fourth-order valence-electron chi connectivity index (χ4n) is 7.77. The van der Waals surface area contributed by atoms with Gasteiger partial charge in [-0.2, -0.15) is 0 Å². The van der Waals surface area contributed by atoms with Crippen molar-refractivity contribution < 1.29 is 4.42 Å². The van der Waals surface area contributed by atoms with Gasteiger partial charge in [-0.15, -0.1) is 0 Å². The summed E-state index contributed by atoms with van der Waals surface area (Å²) in [6.07, 6.45) is 0. The SMILES string of the molecule is Cc1cc(C)c(-c2cc(-c3c(C)cc(C)cc3C)c3ccc4c5oc6ccccc6c5cc5ccc2c3c54)c(C)c1. The molecule has 0 bridgehead atoms. The average molecular weight is 529 g/mol. The maximum absolute atomic E-state index is 6.54. The normalized spacial score (nSPS) is 12.1. The van der Waals surface area contributed by atoms with E-state index >= 15 is 0 Å². The minimum Gasteiger partial charge on any atom is -0.455 e. The predicted octanol–water partition coefficient (Wildman–Crippen LogP) is 11.7. The second kappa shape index (κ2) is 8.44. The van der Waals surface area contributed by atoms with Crippen LogP contribution in [0, 0.1) is 41.5 Å². The van der Waals surface area contributed by atoms with E-state index in [-0.39, 0.29) is 0 Å². The Morgan fingerprint density at radius 1 is 0.439 bits per heavy atom. The fraction of sp³-hybridized carbons (Fsp3) is 0.150. The Bertz CT molecular complexity index is 2240. The predicted molar refractivity (Wildman–Crippen MR) is 177 cm³/mol. The van der Waals surface area contributed by atoms with Crippen molar-refractivity contribution in [3.8, 4) is 22.3 Å². The van der Waals surface area contributed by atoms with E-state index < -0.39 is 0 Å². The monoisotopic (exact) mass is 528 g/mol. The highest BCUT2D eigenvalue weighted by Gasteiger charge is 2.22. The van der Waals surface area contributed by atoms with Gasteiger partial charge in [-0.1, -0.05) is 71.8 Å². The quantitative estimate of drug-likeness (QED) is 0.203. The third kappa shape index (κ3) is 3.36. The second-order valence-corrected chi connectivity index (χ2v) is 12.1. The average Bonchev–Trinajstić information content (AvgIpc) is 3.30. The molecule has 0 aliphatic carbocycles. The number of hydrogen-bond acceptors (Lipinski definition) is 1. The van der Waals surface area contributed by atoms with Gasteiger partial charge >= 0.3 is 0 Å². The van der Waals surface area contributed by atoms with Crippen LogP contribution in [0.15, 0.2) is 89.3 Å². The first-order chi connectivity index (χ1) is 19.8. The molecule has 8 rings (SSSR count). The molecule has 0 fully saturated rings. The van der Waals surface area contributed by atoms with Crippen molar-refractivity contribution in [3.63, 3.8) is 0 Å². The van der Waals surface area contributed by atoms with Crippen molar-refractivity contribution in [1.29, 1.82) is 0 Å². The number of rotatable bonds is 2. The molecule has 41 heavy (non-hydrogen) atoms. The first-order valence-corrected chi connectivity index (χ1v) is 14.5. The molecule has 1 nitrogen and oxygen atoms in total. The lowest BCUT2D eigenvalue weighted by Gasteiger charge is -2.22. The number of hydrogen-bond donors (Lipinski definition) is 0. The molecule has 0 aliphatic rings. The lowest BCUT2D eigenvalue weighted by atomic mass is 9.81. The van der Waals surface area contributed by atoms with Crippen LogP contribution < -0.4 is 0 Å². The maximum atomic E-state index is 6.54. The van der Waals surface area contributed by atoms with Crippen LogP contribution in [0.25, 0.3) is 76.5 Å². The van der Waals surface area contributed by atoms with Crippen molar-refractivity contribution in [3.05, 3.63) is 118 Å². The fourth-order valence-corrected chi connectivity index (χ4v) is 7.77. The zero-order valence-corrected chi connectivity index (χ0v) is 24.5. The number of furan rings is 1. The molecule has 8 aromatic rings. The van der Waals surface area contributed by atoms with Gasteiger partial charge in [0, 0.05) is 21.5 Å². The largest absolute Gasteiger partial charge is 0.455 e. The summed E-state index contributed by atoms with van der Waals surface area (Å²) in [4.78, 5) is 0. The van der Waals surface area contributed by atoms with Gasteiger partial charge in [-0.05, 0) is 132 Å². The third-order valence-electron chi connectivity index (χ3n) is 9.13. The zero-order chi connectivity index (χ0) is 28.2. The van der Waals surface area contributed by atoms with E-state index in [4.69, 9.17) is 4.42 Å². The van der Waals surface area contributed by atoms with Gasteiger partial charge in [-0.3, -0.25) is 0 Å². The topological polar surface area (TPSA) is 13.1 Å². The summed E-state index contributed by atoms with van der Waals surface area (Å²) in [5, 5.41) is 10.0. The van der Waals surface area contributed by atoms with Crippen molar-refractivity contribution in [1.82, 2.24) is 0 Å². The Morgan fingerprint density at radius 2 is 0.976 bits per heavy atom. The second-order valence-electron chi connectivity index (χ2n) is 12.1. The van der Waals surface area contributed by atoms with Crippen LogP contribution in [0.5, 0.6) is 0 Å². The Kier molecular flexibility index (Phi) is 4.98. The van der Waals surface area contributed by atoms with Crippen LogP contribution in [-0.2, 0) is 0 Å². The minimum absolute atomic E-state index is 0.941. The van der Waals surface area contributed by atoms with Crippen LogP contribution in [0.4, 0.5) is 0 Å². The molecule has 1 heterocycles. The number of fused-ring (bicyclic) bond motifs is 4. The van der Waals surface area contributed by atoms with E-state index in [0.717, 1.165) is 11.2 Å². The Balaban J connectivity index is 1.61. The molecule has 198 valence electrons. The summed E-state index contributed by atoms with van der Waals surface area (Å²) in [7, 11) is 0.